The van der Waals surface area contributed by atoms with Crippen molar-refractivity contribution in [1.82, 2.24) is 0 Å². The summed E-state index contributed by atoms with van der Waals surface area (Å²) in [7, 11) is 0. The summed E-state index contributed by atoms with van der Waals surface area (Å²) in [5, 5.41) is 0. The summed E-state index contributed by atoms with van der Waals surface area (Å²) in [5.41, 5.74) is 16.5. The molecule has 2 amide bonds. The van der Waals surface area contributed by atoms with Crippen molar-refractivity contribution in [2.75, 3.05) is 5.73 Å². The zero-order chi connectivity index (χ0) is 13.0. The minimum absolute atomic E-state index is 0.166. The molecule has 17 heavy (non-hydrogen) atoms. The Morgan fingerprint density at radius 2 is 2.00 bits per heavy atom. The smallest absolute Gasteiger partial charge is 0.258 e. The molecule has 1 atom stereocenters. The van der Waals surface area contributed by atoms with E-state index in [0.29, 0.717) is 12.1 Å². The van der Waals surface area contributed by atoms with Crippen molar-refractivity contribution in [2.24, 2.45) is 11.5 Å². The fraction of sp³-hybridized carbons (Fsp3) is 0.273. The second-order valence-corrected chi connectivity index (χ2v) is 3.54. The third-order valence-corrected chi connectivity index (χ3v) is 2.23. The van der Waals surface area contributed by atoms with Crippen molar-refractivity contribution in [3.8, 4) is 5.75 Å². The van der Waals surface area contributed by atoms with Gasteiger partial charge in [0.05, 0.1) is 5.56 Å². The zero-order valence-electron chi connectivity index (χ0n) is 9.47. The van der Waals surface area contributed by atoms with E-state index in [-0.39, 0.29) is 11.3 Å². The number of rotatable bonds is 5. The molecule has 92 valence electrons. The topological polar surface area (TPSA) is 121 Å². The van der Waals surface area contributed by atoms with Crippen LogP contribution in [0.25, 0.3) is 0 Å². The number of primary amides is 2. The minimum atomic E-state index is -0.810. The normalized spacial score (nSPS) is 11.8. The van der Waals surface area contributed by atoms with Gasteiger partial charge in [-0.05, 0) is 18.6 Å². The molecule has 6 heteroatoms. The van der Waals surface area contributed by atoms with Gasteiger partial charge in [0.15, 0.2) is 6.10 Å². The molecule has 0 heterocycles. The Balaban J connectivity index is 3.07. The molecule has 6 N–H and O–H groups in total. The van der Waals surface area contributed by atoms with Crippen LogP contribution in [0.4, 0.5) is 5.69 Å². The van der Waals surface area contributed by atoms with Crippen LogP contribution in [0, 0.1) is 0 Å². The van der Waals surface area contributed by atoms with E-state index < -0.39 is 17.9 Å². The van der Waals surface area contributed by atoms with Gasteiger partial charge in [0.1, 0.15) is 5.75 Å². The highest BCUT2D eigenvalue weighted by molar-refractivity contribution is 5.96. The van der Waals surface area contributed by atoms with E-state index >= 15 is 0 Å². The number of amides is 2. The predicted octanol–water partition coefficient (Wildman–Crippen LogP) is 0.0104. The summed E-state index contributed by atoms with van der Waals surface area (Å²) in [4.78, 5) is 22.2. The highest BCUT2D eigenvalue weighted by Crippen LogP contribution is 2.23. The highest BCUT2D eigenvalue weighted by Gasteiger charge is 2.18. The number of ether oxygens (including phenoxy) is 1. The molecule has 0 aliphatic heterocycles. The van der Waals surface area contributed by atoms with Crippen molar-refractivity contribution < 1.29 is 14.3 Å². The van der Waals surface area contributed by atoms with E-state index in [0.717, 1.165) is 0 Å². The first-order chi connectivity index (χ1) is 7.95. The lowest BCUT2D eigenvalue weighted by molar-refractivity contribution is -0.124. The molecule has 1 aromatic carbocycles. The SMILES string of the molecule is CCC(Oc1cc(N)ccc1C(N)=O)C(N)=O. The standard InChI is InChI=1S/C11H15N3O3/c1-2-8(11(14)16)17-9-5-6(12)3-4-7(9)10(13)15/h3-5,8H,2,12H2,1H3,(H2,13,15)(H2,14,16). The molecule has 0 aliphatic rings. The van der Waals surface area contributed by atoms with Crippen molar-refractivity contribution in [1.29, 1.82) is 0 Å². The third-order valence-electron chi connectivity index (χ3n) is 2.23. The molecule has 0 spiro atoms. The lowest BCUT2D eigenvalue weighted by Crippen LogP contribution is -2.33. The number of carbonyl (C=O) groups excluding carboxylic acids is 2. The Morgan fingerprint density at radius 3 is 2.47 bits per heavy atom. The van der Waals surface area contributed by atoms with E-state index in [1.54, 1.807) is 6.92 Å². The third kappa shape index (κ3) is 3.10. The van der Waals surface area contributed by atoms with Crippen molar-refractivity contribution in [3.05, 3.63) is 23.8 Å². The van der Waals surface area contributed by atoms with Gasteiger partial charge in [0.2, 0.25) is 0 Å². The van der Waals surface area contributed by atoms with E-state index in [1.807, 2.05) is 0 Å². The second kappa shape index (κ2) is 5.20. The number of carbonyl (C=O) groups is 2. The maximum atomic E-state index is 11.2. The van der Waals surface area contributed by atoms with Gasteiger partial charge in [-0.15, -0.1) is 0 Å². The minimum Gasteiger partial charge on any atom is -0.480 e. The lowest BCUT2D eigenvalue weighted by Gasteiger charge is -2.16. The van der Waals surface area contributed by atoms with Gasteiger partial charge in [-0.25, -0.2) is 0 Å². The largest absolute Gasteiger partial charge is 0.480 e. The van der Waals surface area contributed by atoms with Crippen LogP contribution >= 0.6 is 0 Å². The fourth-order valence-electron chi connectivity index (χ4n) is 1.34. The van der Waals surface area contributed by atoms with Crippen LogP contribution in [-0.2, 0) is 4.79 Å². The zero-order valence-corrected chi connectivity index (χ0v) is 9.47. The van der Waals surface area contributed by atoms with Crippen LogP contribution < -0.4 is 21.9 Å². The number of benzene rings is 1. The summed E-state index contributed by atoms with van der Waals surface area (Å²) in [6.45, 7) is 1.74. The number of nitrogens with two attached hydrogens (primary N) is 3. The first-order valence-electron chi connectivity index (χ1n) is 5.11. The Labute approximate surface area is 98.7 Å². The molecule has 0 aliphatic carbocycles. The number of anilines is 1. The van der Waals surface area contributed by atoms with Gasteiger partial charge in [-0.3, -0.25) is 9.59 Å². The van der Waals surface area contributed by atoms with Gasteiger partial charge < -0.3 is 21.9 Å². The Morgan fingerprint density at radius 1 is 1.35 bits per heavy atom. The van der Waals surface area contributed by atoms with Crippen LogP contribution in [-0.4, -0.2) is 17.9 Å². The second-order valence-electron chi connectivity index (χ2n) is 3.54. The van der Waals surface area contributed by atoms with Gasteiger partial charge in [-0.1, -0.05) is 6.92 Å². The van der Waals surface area contributed by atoms with E-state index in [2.05, 4.69) is 0 Å². The number of hydrogen-bond donors (Lipinski definition) is 3. The number of nitrogen functional groups attached to an aromatic ring is 1. The molecule has 1 rings (SSSR count). The average Bonchev–Trinajstić information content (AvgIpc) is 2.25. The van der Waals surface area contributed by atoms with Crippen LogP contribution in [0.15, 0.2) is 18.2 Å². The predicted molar refractivity (Wildman–Crippen MR) is 63.3 cm³/mol. The molecule has 0 fully saturated rings. The molecule has 0 aromatic heterocycles. The van der Waals surface area contributed by atoms with Gasteiger partial charge in [0, 0.05) is 11.8 Å². The quantitative estimate of drug-likeness (QED) is 0.624. The molecule has 1 aromatic rings. The summed E-state index contributed by atoms with van der Waals surface area (Å²) in [6, 6.07) is 4.41. The molecule has 0 saturated heterocycles. The van der Waals surface area contributed by atoms with Crippen LogP contribution in [0.1, 0.15) is 23.7 Å². The summed E-state index contributed by atoms with van der Waals surface area (Å²) < 4.78 is 5.34. The van der Waals surface area contributed by atoms with Gasteiger partial charge in [-0.2, -0.15) is 0 Å². The Kier molecular flexibility index (Phi) is 3.92. The van der Waals surface area contributed by atoms with Crippen molar-refractivity contribution >= 4 is 17.5 Å². The van der Waals surface area contributed by atoms with Crippen molar-refractivity contribution in [2.45, 2.75) is 19.4 Å². The van der Waals surface area contributed by atoms with E-state index in [4.69, 9.17) is 21.9 Å². The average molecular weight is 237 g/mol. The first kappa shape index (κ1) is 12.8. The van der Waals surface area contributed by atoms with Gasteiger partial charge in [0.25, 0.3) is 11.8 Å². The summed E-state index contributed by atoms with van der Waals surface area (Å²) >= 11 is 0. The van der Waals surface area contributed by atoms with Crippen LogP contribution in [0.3, 0.4) is 0 Å². The monoisotopic (exact) mass is 237 g/mol. The molecular formula is C11H15N3O3. The van der Waals surface area contributed by atoms with Crippen LogP contribution in [0.2, 0.25) is 0 Å². The molecule has 1 unspecified atom stereocenters. The van der Waals surface area contributed by atoms with Crippen LogP contribution in [0.5, 0.6) is 5.75 Å². The van der Waals surface area contributed by atoms with Gasteiger partial charge >= 0.3 is 0 Å². The Bertz CT molecular complexity index is 446. The molecule has 0 saturated carbocycles. The van der Waals surface area contributed by atoms with Crippen molar-refractivity contribution in [3.63, 3.8) is 0 Å². The summed E-state index contributed by atoms with van der Waals surface area (Å²) in [6.07, 6.45) is -0.419. The van der Waals surface area contributed by atoms with E-state index in [1.165, 1.54) is 18.2 Å². The van der Waals surface area contributed by atoms with E-state index in [9.17, 15) is 9.59 Å². The Hall–Kier alpha value is -2.24. The molecular weight excluding hydrogens is 222 g/mol. The summed E-state index contributed by atoms with van der Waals surface area (Å²) in [5.74, 6) is -1.09. The number of hydrogen-bond acceptors (Lipinski definition) is 4. The highest BCUT2D eigenvalue weighted by atomic mass is 16.5. The maximum absolute atomic E-state index is 11.2. The molecule has 0 bridgehead atoms. The first-order valence-corrected chi connectivity index (χ1v) is 5.11. The fourth-order valence-corrected chi connectivity index (χ4v) is 1.34. The lowest BCUT2D eigenvalue weighted by atomic mass is 10.1. The maximum Gasteiger partial charge on any atom is 0.258 e. The molecule has 0 radical (unpaired) electrons. The molecule has 6 nitrogen and oxygen atoms in total.